The first kappa shape index (κ1) is 15.4. The van der Waals surface area contributed by atoms with E-state index in [-0.39, 0.29) is 5.56 Å². The minimum absolute atomic E-state index is 0.254. The molecule has 0 aliphatic heterocycles. The summed E-state index contributed by atoms with van der Waals surface area (Å²) in [5.74, 6) is 0. The van der Waals surface area contributed by atoms with E-state index < -0.39 is 17.8 Å². The van der Waals surface area contributed by atoms with Gasteiger partial charge in [-0.1, -0.05) is 24.3 Å². The lowest BCUT2D eigenvalue weighted by atomic mass is 10.0. The summed E-state index contributed by atoms with van der Waals surface area (Å²) in [6, 6.07) is 11.1. The van der Waals surface area contributed by atoms with Gasteiger partial charge < -0.3 is 5.32 Å². The molecule has 112 valence electrons. The summed E-state index contributed by atoms with van der Waals surface area (Å²) in [7, 11) is 0. The molecule has 1 N–H and O–H groups in total. The van der Waals surface area contributed by atoms with Crippen LogP contribution >= 0.6 is 0 Å². The Kier molecular flexibility index (Phi) is 4.26. The van der Waals surface area contributed by atoms with Crippen molar-refractivity contribution in [2.24, 2.45) is 0 Å². The van der Waals surface area contributed by atoms with Crippen LogP contribution in [0, 0.1) is 13.8 Å². The van der Waals surface area contributed by atoms with Crippen LogP contribution in [0.4, 0.5) is 18.9 Å². The van der Waals surface area contributed by atoms with Crippen molar-refractivity contribution in [3.05, 3.63) is 64.7 Å². The van der Waals surface area contributed by atoms with Crippen molar-refractivity contribution in [3.63, 3.8) is 0 Å². The Morgan fingerprint density at radius 3 is 2.10 bits per heavy atom. The van der Waals surface area contributed by atoms with E-state index >= 15 is 0 Å². The van der Waals surface area contributed by atoms with Gasteiger partial charge in [-0.25, -0.2) is 0 Å². The van der Waals surface area contributed by atoms with Gasteiger partial charge in [0.05, 0.1) is 5.56 Å². The van der Waals surface area contributed by atoms with Crippen molar-refractivity contribution < 1.29 is 13.2 Å². The van der Waals surface area contributed by atoms with Crippen molar-refractivity contribution in [1.82, 2.24) is 0 Å². The minimum atomic E-state index is -4.34. The smallest absolute Gasteiger partial charge is 0.378 e. The molecule has 2 aromatic rings. The predicted octanol–water partition coefficient (Wildman–Crippen LogP) is 5.50. The Morgan fingerprint density at radius 1 is 0.952 bits per heavy atom. The summed E-state index contributed by atoms with van der Waals surface area (Å²) in [6.45, 7) is 5.67. The largest absolute Gasteiger partial charge is 0.416 e. The van der Waals surface area contributed by atoms with Crippen LogP contribution in [0.2, 0.25) is 0 Å². The van der Waals surface area contributed by atoms with Gasteiger partial charge in [-0.05, 0) is 55.7 Å². The van der Waals surface area contributed by atoms with E-state index in [1.807, 2.05) is 32.0 Å². The lowest BCUT2D eigenvalue weighted by Gasteiger charge is -2.21. The third kappa shape index (κ3) is 3.78. The van der Waals surface area contributed by atoms with Gasteiger partial charge in [0.25, 0.3) is 0 Å². The zero-order chi connectivity index (χ0) is 15.6. The molecule has 0 saturated carbocycles. The first-order valence-corrected chi connectivity index (χ1v) is 6.78. The first-order valence-electron chi connectivity index (χ1n) is 6.78. The molecule has 4 heteroatoms. The second-order valence-electron chi connectivity index (χ2n) is 5.33. The van der Waals surface area contributed by atoms with Crippen LogP contribution in [-0.2, 0) is 6.18 Å². The quantitative estimate of drug-likeness (QED) is 0.788. The van der Waals surface area contributed by atoms with E-state index in [4.69, 9.17) is 0 Å². The summed E-state index contributed by atoms with van der Waals surface area (Å²) < 4.78 is 39.1. The van der Waals surface area contributed by atoms with Gasteiger partial charge in [0.2, 0.25) is 0 Å². The zero-order valence-corrected chi connectivity index (χ0v) is 12.3. The number of rotatable bonds is 3. The Balaban J connectivity index is 2.31. The molecule has 1 unspecified atom stereocenters. The number of anilines is 1. The molecule has 0 bridgehead atoms. The highest BCUT2D eigenvalue weighted by Gasteiger charge is 2.34. The molecule has 0 spiro atoms. The first-order chi connectivity index (χ1) is 9.77. The number of nitrogens with one attached hydrogen (secondary N) is 1. The normalized spacial score (nSPS) is 13.0. The van der Waals surface area contributed by atoms with Crippen molar-refractivity contribution in [2.75, 3.05) is 5.32 Å². The second-order valence-corrected chi connectivity index (χ2v) is 5.33. The fraction of sp³-hybridized carbons (Fsp3) is 0.294. The van der Waals surface area contributed by atoms with E-state index in [0.29, 0.717) is 0 Å². The van der Waals surface area contributed by atoms with E-state index in [1.54, 1.807) is 13.0 Å². The van der Waals surface area contributed by atoms with Crippen LogP contribution in [0.3, 0.4) is 0 Å². The van der Waals surface area contributed by atoms with Crippen molar-refractivity contribution in [1.29, 1.82) is 0 Å². The highest BCUT2D eigenvalue weighted by Crippen LogP contribution is 2.35. The van der Waals surface area contributed by atoms with Crippen LogP contribution in [0.5, 0.6) is 0 Å². The minimum Gasteiger partial charge on any atom is -0.378 e. The summed E-state index contributed by atoms with van der Waals surface area (Å²) in [4.78, 5) is 0. The Labute approximate surface area is 122 Å². The average molecular weight is 293 g/mol. The molecule has 0 fully saturated rings. The monoisotopic (exact) mass is 293 g/mol. The molecule has 2 rings (SSSR count). The standard InChI is InChI=1S/C17H18F3N/c1-11-8-12(2)10-14(9-11)21-13(3)15-6-4-5-7-16(15)17(18,19)20/h4-10,13,21H,1-3H3. The molecular formula is C17H18F3N. The van der Waals surface area contributed by atoms with E-state index in [0.717, 1.165) is 22.9 Å². The zero-order valence-electron chi connectivity index (χ0n) is 12.3. The predicted molar refractivity (Wildman–Crippen MR) is 79.4 cm³/mol. The third-order valence-electron chi connectivity index (χ3n) is 3.34. The van der Waals surface area contributed by atoms with E-state index in [2.05, 4.69) is 5.32 Å². The van der Waals surface area contributed by atoms with Crippen LogP contribution in [-0.4, -0.2) is 0 Å². The van der Waals surface area contributed by atoms with E-state index in [9.17, 15) is 13.2 Å². The van der Waals surface area contributed by atoms with Crippen molar-refractivity contribution >= 4 is 5.69 Å². The fourth-order valence-electron chi connectivity index (χ4n) is 2.52. The maximum Gasteiger partial charge on any atom is 0.416 e. The Morgan fingerprint density at radius 2 is 1.52 bits per heavy atom. The van der Waals surface area contributed by atoms with Gasteiger partial charge in [0.15, 0.2) is 0 Å². The van der Waals surface area contributed by atoms with Crippen LogP contribution < -0.4 is 5.32 Å². The molecule has 1 nitrogen and oxygen atoms in total. The molecule has 0 heterocycles. The number of hydrogen-bond donors (Lipinski definition) is 1. The lowest BCUT2D eigenvalue weighted by Crippen LogP contribution is -2.15. The molecule has 0 amide bonds. The van der Waals surface area contributed by atoms with Gasteiger partial charge in [0.1, 0.15) is 0 Å². The molecule has 0 aromatic heterocycles. The van der Waals surface area contributed by atoms with Crippen LogP contribution in [0.1, 0.15) is 35.2 Å². The topological polar surface area (TPSA) is 12.0 Å². The lowest BCUT2D eigenvalue weighted by molar-refractivity contribution is -0.138. The maximum absolute atomic E-state index is 13.0. The summed E-state index contributed by atoms with van der Waals surface area (Å²) >= 11 is 0. The second kappa shape index (κ2) is 5.80. The Bertz CT molecular complexity index is 612. The molecule has 0 aliphatic rings. The summed E-state index contributed by atoms with van der Waals surface area (Å²) in [5.41, 5.74) is 2.65. The van der Waals surface area contributed by atoms with Gasteiger partial charge >= 0.3 is 6.18 Å². The molecule has 2 aromatic carbocycles. The number of aryl methyl sites for hydroxylation is 2. The van der Waals surface area contributed by atoms with E-state index in [1.165, 1.54) is 12.1 Å². The summed E-state index contributed by atoms with van der Waals surface area (Å²) in [6.07, 6.45) is -4.34. The van der Waals surface area contributed by atoms with Gasteiger partial charge in [-0.2, -0.15) is 13.2 Å². The number of halogens is 3. The summed E-state index contributed by atoms with van der Waals surface area (Å²) in [5, 5.41) is 3.15. The maximum atomic E-state index is 13.0. The molecular weight excluding hydrogens is 275 g/mol. The van der Waals surface area contributed by atoms with Crippen LogP contribution in [0.25, 0.3) is 0 Å². The molecule has 0 saturated heterocycles. The molecule has 1 atom stereocenters. The molecule has 0 radical (unpaired) electrons. The van der Waals surface area contributed by atoms with Gasteiger partial charge in [-0.15, -0.1) is 0 Å². The molecule has 21 heavy (non-hydrogen) atoms. The average Bonchev–Trinajstić information content (AvgIpc) is 2.36. The van der Waals surface area contributed by atoms with Crippen molar-refractivity contribution in [3.8, 4) is 0 Å². The molecule has 0 aliphatic carbocycles. The Hall–Kier alpha value is -1.97. The fourth-order valence-corrected chi connectivity index (χ4v) is 2.52. The number of benzene rings is 2. The third-order valence-corrected chi connectivity index (χ3v) is 3.34. The van der Waals surface area contributed by atoms with Crippen LogP contribution in [0.15, 0.2) is 42.5 Å². The van der Waals surface area contributed by atoms with Gasteiger partial charge in [0, 0.05) is 11.7 Å². The SMILES string of the molecule is Cc1cc(C)cc(NC(C)c2ccccc2C(F)(F)F)c1. The number of hydrogen-bond acceptors (Lipinski definition) is 1. The highest BCUT2D eigenvalue weighted by molar-refractivity contribution is 5.50. The van der Waals surface area contributed by atoms with Crippen molar-refractivity contribution in [2.45, 2.75) is 33.0 Å². The van der Waals surface area contributed by atoms with Gasteiger partial charge in [-0.3, -0.25) is 0 Å². The highest BCUT2D eigenvalue weighted by atomic mass is 19.4. The number of alkyl halides is 3.